The second-order valence-electron chi connectivity index (χ2n) is 7.78. The number of rotatable bonds is 13. The van der Waals surface area contributed by atoms with Crippen LogP contribution in [0, 0.1) is 0 Å². The van der Waals surface area contributed by atoms with E-state index in [0.717, 1.165) is 30.2 Å². The molecule has 182 valence electrons. The zero-order chi connectivity index (χ0) is 25.0. The van der Waals surface area contributed by atoms with Crippen molar-refractivity contribution < 1.29 is 34.1 Å². The van der Waals surface area contributed by atoms with Gasteiger partial charge in [0.2, 0.25) is 5.91 Å². The highest BCUT2D eigenvalue weighted by Crippen LogP contribution is 2.20. The number of hydrogen-bond acceptors (Lipinski definition) is 5. The number of para-hydroxylation sites is 1. The van der Waals surface area contributed by atoms with Crippen LogP contribution in [0.5, 0.6) is 11.5 Å². The minimum atomic E-state index is -1.32. The van der Waals surface area contributed by atoms with Gasteiger partial charge >= 0.3 is 11.9 Å². The highest BCUT2D eigenvalue weighted by Gasteiger charge is 2.16. The fourth-order valence-corrected chi connectivity index (χ4v) is 3.33. The molecular formula is C27H27NO7. The number of carboxylic acids is 2. The quantitative estimate of drug-likeness (QED) is 0.300. The van der Waals surface area contributed by atoms with Gasteiger partial charge in [0.05, 0.1) is 30.0 Å². The monoisotopic (exact) mass is 477 g/mol. The van der Waals surface area contributed by atoms with Gasteiger partial charge in [-0.25, -0.2) is 9.59 Å². The molecule has 0 spiro atoms. The van der Waals surface area contributed by atoms with E-state index < -0.39 is 11.9 Å². The van der Waals surface area contributed by atoms with E-state index in [-0.39, 0.29) is 29.1 Å². The number of unbranched alkanes of at least 4 members (excludes halogenated alkanes) is 1. The first kappa shape index (κ1) is 25.3. The largest absolute Gasteiger partial charge is 0.494 e. The van der Waals surface area contributed by atoms with Crippen LogP contribution in [0.25, 0.3) is 0 Å². The molecule has 3 aromatic carbocycles. The summed E-state index contributed by atoms with van der Waals surface area (Å²) in [4.78, 5) is 34.9. The SMILES string of the molecule is O=C(CCc1cccc(OCCCCOc2ccccc2)c1)Nc1ccc(C(=O)O)cc1C(=O)O. The first-order chi connectivity index (χ1) is 16.9. The second kappa shape index (κ2) is 12.8. The molecule has 0 fully saturated rings. The Morgan fingerprint density at radius 2 is 1.43 bits per heavy atom. The molecule has 3 aromatic rings. The van der Waals surface area contributed by atoms with Crippen LogP contribution in [0.15, 0.2) is 72.8 Å². The molecule has 35 heavy (non-hydrogen) atoms. The lowest BCUT2D eigenvalue weighted by Crippen LogP contribution is -2.16. The summed E-state index contributed by atoms with van der Waals surface area (Å²) in [5.41, 5.74) is 0.523. The van der Waals surface area contributed by atoms with E-state index in [4.69, 9.17) is 14.6 Å². The fraction of sp³-hybridized carbons (Fsp3) is 0.222. The molecule has 8 nitrogen and oxygen atoms in total. The molecule has 0 aliphatic carbocycles. The summed E-state index contributed by atoms with van der Waals surface area (Å²) >= 11 is 0. The normalized spacial score (nSPS) is 10.4. The van der Waals surface area contributed by atoms with Crippen molar-refractivity contribution in [3.05, 3.63) is 89.5 Å². The van der Waals surface area contributed by atoms with Gasteiger partial charge in [-0.05, 0) is 67.3 Å². The molecule has 0 heterocycles. The fourth-order valence-electron chi connectivity index (χ4n) is 3.33. The first-order valence-electron chi connectivity index (χ1n) is 11.2. The third-order valence-electron chi connectivity index (χ3n) is 5.13. The third kappa shape index (κ3) is 8.19. The predicted octanol–water partition coefficient (Wildman–Crippen LogP) is 4.89. The standard InChI is InChI=1S/C27H27NO7/c29-25(28-24-13-12-20(26(30)31)18-23(24)27(32)33)14-11-19-7-6-10-22(17-19)35-16-5-4-15-34-21-8-2-1-3-9-21/h1-3,6-10,12-13,17-18H,4-5,11,14-16H2,(H,28,29)(H,30,31)(H,32,33). The summed E-state index contributed by atoms with van der Waals surface area (Å²) in [6.45, 7) is 1.16. The maximum atomic E-state index is 12.4. The topological polar surface area (TPSA) is 122 Å². The van der Waals surface area contributed by atoms with Gasteiger partial charge in [0.25, 0.3) is 0 Å². The Balaban J connectivity index is 1.43. The number of anilines is 1. The number of hydrogen-bond donors (Lipinski definition) is 3. The summed E-state index contributed by atoms with van der Waals surface area (Å²) in [6, 6.07) is 20.7. The van der Waals surface area contributed by atoms with E-state index in [9.17, 15) is 19.5 Å². The van der Waals surface area contributed by atoms with Gasteiger partial charge in [-0.15, -0.1) is 0 Å². The zero-order valence-corrected chi connectivity index (χ0v) is 19.1. The van der Waals surface area contributed by atoms with Crippen molar-refractivity contribution in [1.82, 2.24) is 0 Å². The number of benzene rings is 3. The minimum Gasteiger partial charge on any atom is -0.494 e. The summed E-state index contributed by atoms with van der Waals surface area (Å²) in [5.74, 6) is -1.38. The molecule has 0 unspecified atom stereocenters. The molecule has 0 saturated carbocycles. The van der Waals surface area contributed by atoms with Crippen LogP contribution in [0.4, 0.5) is 5.69 Å². The molecular weight excluding hydrogens is 450 g/mol. The van der Waals surface area contributed by atoms with Gasteiger partial charge in [0, 0.05) is 6.42 Å². The molecule has 0 atom stereocenters. The molecule has 0 aliphatic heterocycles. The van der Waals surface area contributed by atoms with Crippen LogP contribution in [-0.2, 0) is 11.2 Å². The Morgan fingerprint density at radius 1 is 0.743 bits per heavy atom. The Kier molecular flexibility index (Phi) is 9.24. The summed E-state index contributed by atoms with van der Waals surface area (Å²) in [6.07, 6.45) is 2.26. The molecule has 8 heteroatoms. The second-order valence-corrected chi connectivity index (χ2v) is 7.78. The highest BCUT2D eigenvalue weighted by atomic mass is 16.5. The van der Waals surface area contributed by atoms with Gasteiger partial charge in [0.1, 0.15) is 11.5 Å². The lowest BCUT2D eigenvalue weighted by molar-refractivity contribution is -0.116. The van der Waals surface area contributed by atoms with Crippen molar-refractivity contribution in [1.29, 1.82) is 0 Å². The van der Waals surface area contributed by atoms with E-state index >= 15 is 0 Å². The molecule has 1 amide bonds. The Morgan fingerprint density at radius 3 is 2.11 bits per heavy atom. The van der Waals surface area contributed by atoms with Gasteiger partial charge in [-0.1, -0.05) is 30.3 Å². The van der Waals surface area contributed by atoms with Crippen molar-refractivity contribution >= 4 is 23.5 Å². The number of amides is 1. The molecule has 0 radical (unpaired) electrons. The lowest BCUT2D eigenvalue weighted by Gasteiger charge is -2.10. The summed E-state index contributed by atoms with van der Waals surface area (Å²) in [5, 5.41) is 20.9. The van der Waals surface area contributed by atoms with E-state index in [1.165, 1.54) is 12.1 Å². The predicted molar refractivity (Wildman–Crippen MR) is 130 cm³/mol. The van der Waals surface area contributed by atoms with Gasteiger partial charge in [0.15, 0.2) is 0 Å². The maximum Gasteiger partial charge on any atom is 0.337 e. The number of carbonyl (C=O) groups is 3. The molecule has 3 rings (SSSR count). The number of nitrogens with one attached hydrogen (secondary N) is 1. The summed E-state index contributed by atoms with van der Waals surface area (Å²) < 4.78 is 11.5. The molecule has 0 aromatic heterocycles. The molecule has 3 N–H and O–H groups in total. The van der Waals surface area contributed by atoms with Gasteiger partial charge in [-0.2, -0.15) is 0 Å². The number of aryl methyl sites for hydroxylation is 1. The Bertz CT molecular complexity index is 1160. The van der Waals surface area contributed by atoms with Crippen LogP contribution in [-0.4, -0.2) is 41.3 Å². The Hall–Kier alpha value is -4.33. The van der Waals surface area contributed by atoms with Crippen molar-refractivity contribution in [2.24, 2.45) is 0 Å². The first-order valence-corrected chi connectivity index (χ1v) is 11.2. The number of aromatic carboxylic acids is 2. The molecule has 0 aliphatic rings. The number of carbonyl (C=O) groups excluding carboxylic acids is 1. The van der Waals surface area contributed by atoms with E-state index in [1.807, 2.05) is 54.6 Å². The van der Waals surface area contributed by atoms with Gasteiger partial charge in [-0.3, -0.25) is 4.79 Å². The van der Waals surface area contributed by atoms with E-state index in [1.54, 1.807) is 0 Å². The van der Waals surface area contributed by atoms with Crippen LogP contribution < -0.4 is 14.8 Å². The number of ether oxygens (including phenoxy) is 2. The van der Waals surface area contributed by atoms with Crippen molar-refractivity contribution in [3.63, 3.8) is 0 Å². The van der Waals surface area contributed by atoms with Crippen LogP contribution in [0.1, 0.15) is 45.5 Å². The summed E-state index contributed by atoms with van der Waals surface area (Å²) in [7, 11) is 0. The van der Waals surface area contributed by atoms with Crippen LogP contribution in [0.3, 0.4) is 0 Å². The molecule has 0 saturated heterocycles. The maximum absolute atomic E-state index is 12.4. The highest BCUT2D eigenvalue weighted by molar-refractivity contribution is 6.02. The smallest absolute Gasteiger partial charge is 0.337 e. The van der Waals surface area contributed by atoms with Crippen molar-refractivity contribution in [3.8, 4) is 11.5 Å². The molecule has 0 bridgehead atoms. The van der Waals surface area contributed by atoms with Crippen molar-refractivity contribution in [2.45, 2.75) is 25.7 Å². The van der Waals surface area contributed by atoms with Crippen molar-refractivity contribution in [2.75, 3.05) is 18.5 Å². The van der Waals surface area contributed by atoms with E-state index in [2.05, 4.69) is 5.32 Å². The van der Waals surface area contributed by atoms with E-state index in [0.29, 0.717) is 25.4 Å². The third-order valence-corrected chi connectivity index (χ3v) is 5.13. The van der Waals surface area contributed by atoms with Crippen LogP contribution >= 0.6 is 0 Å². The van der Waals surface area contributed by atoms with Crippen LogP contribution in [0.2, 0.25) is 0 Å². The minimum absolute atomic E-state index is 0.0563. The average molecular weight is 478 g/mol. The zero-order valence-electron chi connectivity index (χ0n) is 19.1. The Labute approximate surface area is 203 Å². The van der Waals surface area contributed by atoms with Gasteiger partial charge < -0.3 is 25.0 Å². The average Bonchev–Trinajstić information content (AvgIpc) is 2.85. The lowest BCUT2D eigenvalue weighted by atomic mass is 10.1. The number of carboxylic acid groups (broad SMARTS) is 2.